The summed E-state index contributed by atoms with van der Waals surface area (Å²) in [5.74, 6) is -1.69. The number of aromatic hydroxyl groups is 1. The van der Waals surface area contributed by atoms with E-state index in [9.17, 15) is 24.3 Å². The summed E-state index contributed by atoms with van der Waals surface area (Å²) in [6.07, 6.45) is 1.64. The van der Waals surface area contributed by atoms with Gasteiger partial charge in [0, 0.05) is 25.8 Å². The van der Waals surface area contributed by atoms with Crippen LogP contribution in [0.1, 0.15) is 29.5 Å². The normalized spacial score (nSPS) is 23.5. The van der Waals surface area contributed by atoms with E-state index in [1.54, 1.807) is 12.1 Å². The van der Waals surface area contributed by atoms with Crippen molar-refractivity contribution in [3.8, 4) is 5.75 Å². The first-order chi connectivity index (χ1) is 19.9. The Kier molecular flexibility index (Phi) is 8.62. The molecule has 9 heteroatoms. The number of rotatable bonds is 6. The zero-order chi connectivity index (χ0) is 28.8. The summed E-state index contributed by atoms with van der Waals surface area (Å²) >= 11 is 0. The van der Waals surface area contributed by atoms with Gasteiger partial charge in [0.1, 0.15) is 29.9 Å². The van der Waals surface area contributed by atoms with Gasteiger partial charge in [-0.1, -0.05) is 72.8 Å². The molecule has 0 aromatic heterocycles. The van der Waals surface area contributed by atoms with Gasteiger partial charge in [0.15, 0.2) is 0 Å². The van der Waals surface area contributed by atoms with Gasteiger partial charge in [-0.2, -0.15) is 0 Å². The standard InChI is InChI=1S/C32H34N4O5/c37-24-14-7-13-23(17-24)20-26-29(38)33-25(18-21-9-3-1-4-10-21)30(39)35-27(19-22-11-5-2-6-12-22)32(41)36-16-8-15-28(36)31(40)34-26/h1-7,9-14,17,25-28,37H,8,15-16,18-20H2,(H,33,38)(H,34,40)(H,35,39)/t25-,26+,27+,28-/m1/s1. The monoisotopic (exact) mass is 554 g/mol. The van der Waals surface area contributed by atoms with Gasteiger partial charge in [0.2, 0.25) is 23.6 Å². The SMILES string of the molecule is O=C1N[C@H](Cc2ccccc2)C(=O)N[C@@H](Cc2ccccc2)C(=O)N2CCC[C@@H]2C(=O)N[C@H]1Cc1cccc(O)c1. The highest BCUT2D eigenvalue weighted by atomic mass is 16.3. The van der Waals surface area contributed by atoms with Crippen LogP contribution in [0.15, 0.2) is 84.9 Å². The van der Waals surface area contributed by atoms with Gasteiger partial charge >= 0.3 is 0 Å². The van der Waals surface area contributed by atoms with Gasteiger partial charge < -0.3 is 26.0 Å². The quantitative estimate of drug-likeness (QED) is 0.370. The molecule has 5 rings (SSSR count). The smallest absolute Gasteiger partial charge is 0.246 e. The zero-order valence-corrected chi connectivity index (χ0v) is 22.7. The van der Waals surface area contributed by atoms with Gasteiger partial charge in [-0.15, -0.1) is 0 Å². The Bertz CT molecular complexity index is 1400. The van der Waals surface area contributed by atoms with E-state index >= 15 is 0 Å². The third-order valence-corrected chi connectivity index (χ3v) is 7.63. The van der Waals surface area contributed by atoms with Crippen LogP contribution >= 0.6 is 0 Å². The number of phenols is 1. The number of benzene rings is 3. The van der Waals surface area contributed by atoms with Crippen molar-refractivity contribution in [1.82, 2.24) is 20.9 Å². The number of carbonyl (C=O) groups excluding carboxylic acids is 4. The molecular weight excluding hydrogens is 520 g/mol. The second kappa shape index (κ2) is 12.7. The van der Waals surface area contributed by atoms with Crippen molar-refractivity contribution < 1.29 is 24.3 Å². The number of nitrogens with zero attached hydrogens (tertiary/aromatic N) is 1. The number of hydrogen-bond donors (Lipinski definition) is 4. The first kappa shape index (κ1) is 27.9. The molecule has 9 nitrogen and oxygen atoms in total. The van der Waals surface area contributed by atoms with Crippen LogP contribution in [0.2, 0.25) is 0 Å². The van der Waals surface area contributed by atoms with Crippen LogP contribution in [0, 0.1) is 0 Å². The zero-order valence-electron chi connectivity index (χ0n) is 22.7. The van der Waals surface area contributed by atoms with Crippen LogP contribution in [-0.2, 0) is 38.4 Å². The largest absolute Gasteiger partial charge is 0.508 e. The second-order valence-electron chi connectivity index (χ2n) is 10.6. The van der Waals surface area contributed by atoms with E-state index < -0.39 is 41.9 Å². The Morgan fingerprint density at radius 2 is 1.15 bits per heavy atom. The first-order valence-electron chi connectivity index (χ1n) is 13.9. The highest BCUT2D eigenvalue weighted by Gasteiger charge is 2.40. The molecule has 2 saturated heterocycles. The lowest BCUT2D eigenvalue weighted by Gasteiger charge is -2.32. The summed E-state index contributed by atoms with van der Waals surface area (Å²) in [7, 11) is 0. The lowest BCUT2D eigenvalue weighted by atomic mass is 9.99. The van der Waals surface area contributed by atoms with Crippen LogP contribution in [0.5, 0.6) is 5.75 Å². The number of nitrogens with one attached hydrogen (secondary N) is 3. The number of fused-ring (bicyclic) bond motifs is 1. The van der Waals surface area contributed by atoms with Crippen LogP contribution in [0.4, 0.5) is 0 Å². The molecule has 212 valence electrons. The lowest BCUT2D eigenvalue weighted by molar-refractivity contribution is -0.143. The Morgan fingerprint density at radius 3 is 1.76 bits per heavy atom. The fourth-order valence-corrected chi connectivity index (χ4v) is 5.55. The maximum Gasteiger partial charge on any atom is 0.246 e. The molecule has 3 aromatic rings. The van der Waals surface area contributed by atoms with Gasteiger partial charge in [-0.25, -0.2) is 0 Å². The predicted molar refractivity (Wildman–Crippen MR) is 153 cm³/mol. The van der Waals surface area contributed by atoms with Gasteiger partial charge in [0.25, 0.3) is 0 Å². The number of hydrogen-bond acceptors (Lipinski definition) is 5. The molecule has 0 bridgehead atoms. The van der Waals surface area contributed by atoms with E-state index in [2.05, 4.69) is 16.0 Å². The van der Waals surface area contributed by atoms with E-state index in [1.807, 2.05) is 60.7 Å². The minimum atomic E-state index is -1.02. The number of carbonyl (C=O) groups is 4. The van der Waals surface area contributed by atoms with Crippen molar-refractivity contribution >= 4 is 23.6 Å². The van der Waals surface area contributed by atoms with E-state index in [0.29, 0.717) is 24.9 Å². The summed E-state index contributed by atoms with van der Waals surface area (Å²) in [5.41, 5.74) is 2.34. The molecule has 2 fully saturated rings. The van der Waals surface area contributed by atoms with Crippen molar-refractivity contribution in [3.63, 3.8) is 0 Å². The highest BCUT2D eigenvalue weighted by molar-refractivity contribution is 5.98. The molecule has 2 heterocycles. The maximum absolute atomic E-state index is 13.9. The fraction of sp³-hybridized carbons (Fsp3) is 0.312. The molecule has 2 aliphatic heterocycles. The Balaban J connectivity index is 1.49. The van der Waals surface area contributed by atoms with Crippen molar-refractivity contribution in [2.24, 2.45) is 0 Å². The van der Waals surface area contributed by atoms with E-state index in [0.717, 1.165) is 11.1 Å². The molecule has 3 aromatic carbocycles. The Hall–Kier alpha value is -4.66. The summed E-state index contributed by atoms with van der Waals surface area (Å²) in [5, 5.41) is 18.6. The van der Waals surface area contributed by atoms with E-state index in [1.165, 1.54) is 17.0 Å². The van der Waals surface area contributed by atoms with Crippen LogP contribution in [0.3, 0.4) is 0 Å². The molecule has 41 heavy (non-hydrogen) atoms. The molecular formula is C32H34N4O5. The predicted octanol–water partition coefficient (Wildman–Crippen LogP) is 1.88. The second-order valence-corrected chi connectivity index (χ2v) is 10.6. The number of amides is 4. The van der Waals surface area contributed by atoms with Crippen molar-refractivity contribution in [2.75, 3.05) is 6.54 Å². The Morgan fingerprint density at radius 1 is 0.634 bits per heavy atom. The van der Waals surface area contributed by atoms with Crippen molar-refractivity contribution in [3.05, 3.63) is 102 Å². The third-order valence-electron chi connectivity index (χ3n) is 7.63. The summed E-state index contributed by atoms with van der Waals surface area (Å²) in [4.78, 5) is 56.4. The molecule has 0 spiro atoms. The molecule has 4 amide bonds. The van der Waals surface area contributed by atoms with Crippen LogP contribution in [-0.4, -0.2) is 64.3 Å². The number of phenolic OH excluding ortho intramolecular Hbond substituents is 1. The molecule has 0 unspecified atom stereocenters. The summed E-state index contributed by atoms with van der Waals surface area (Å²) in [6, 6.07) is 21.5. The summed E-state index contributed by atoms with van der Waals surface area (Å²) in [6.45, 7) is 0.384. The van der Waals surface area contributed by atoms with Gasteiger partial charge in [0.05, 0.1) is 0 Å². The molecule has 0 radical (unpaired) electrons. The highest BCUT2D eigenvalue weighted by Crippen LogP contribution is 2.21. The minimum absolute atomic E-state index is 0.0424. The minimum Gasteiger partial charge on any atom is -0.508 e. The van der Waals surface area contributed by atoms with Crippen molar-refractivity contribution in [1.29, 1.82) is 0 Å². The third kappa shape index (κ3) is 6.92. The van der Waals surface area contributed by atoms with E-state index in [-0.39, 0.29) is 30.9 Å². The maximum atomic E-state index is 13.9. The Labute approximate surface area is 238 Å². The van der Waals surface area contributed by atoms with Crippen LogP contribution < -0.4 is 16.0 Å². The van der Waals surface area contributed by atoms with Crippen LogP contribution in [0.25, 0.3) is 0 Å². The van der Waals surface area contributed by atoms with E-state index in [4.69, 9.17) is 0 Å². The average Bonchev–Trinajstić information content (AvgIpc) is 3.47. The fourth-order valence-electron chi connectivity index (χ4n) is 5.55. The molecule has 2 aliphatic rings. The van der Waals surface area contributed by atoms with Gasteiger partial charge in [-0.05, 0) is 41.7 Å². The molecule has 4 N–H and O–H groups in total. The lowest BCUT2D eigenvalue weighted by Crippen LogP contribution is -2.62. The van der Waals surface area contributed by atoms with Crippen molar-refractivity contribution in [2.45, 2.75) is 56.3 Å². The average molecular weight is 555 g/mol. The molecule has 0 saturated carbocycles. The molecule has 4 atom stereocenters. The first-order valence-corrected chi connectivity index (χ1v) is 13.9. The van der Waals surface area contributed by atoms with Gasteiger partial charge in [-0.3, -0.25) is 19.2 Å². The summed E-state index contributed by atoms with van der Waals surface area (Å²) < 4.78 is 0. The topological polar surface area (TPSA) is 128 Å². The molecule has 0 aliphatic carbocycles.